The van der Waals surface area contributed by atoms with E-state index in [0.29, 0.717) is 24.3 Å². The summed E-state index contributed by atoms with van der Waals surface area (Å²) in [6, 6.07) is 24.9. The highest BCUT2D eigenvalue weighted by Crippen LogP contribution is 2.36. The van der Waals surface area contributed by atoms with E-state index < -0.39 is 24.2 Å². The van der Waals surface area contributed by atoms with Gasteiger partial charge in [-0.05, 0) is 41.3 Å². The number of aliphatic hydroxyl groups is 1. The Kier molecular flexibility index (Phi) is 9.93. The number of anilines is 1. The van der Waals surface area contributed by atoms with Crippen LogP contribution in [0.2, 0.25) is 0 Å². The van der Waals surface area contributed by atoms with Crippen LogP contribution in [-0.2, 0) is 27.4 Å². The normalized spacial score (nSPS) is 19.9. The van der Waals surface area contributed by atoms with Gasteiger partial charge in [0.05, 0.1) is 55.8 Å². The molecule has 0 radical (unpaired) electrons. The van der Waals surface area contributed by atoms with Gasteiger partial charge in [-0.1, -0.05) is 54.6 Å². The van der Waals surface area contributed by atoms with E-state index in [-0.39, 0.29) is 26.3 Å². The number of aliphatic hydroxyl groups excluding tert-OH is 1. The summed E-state index contributed by atoms with van der Waals surface area (Å²) in [5.74, 6) is 0.342. The number of nitrogens with zero attached hydrogens (tertiary/aromatic N) is 3. The standard InChI is InChI=1S/C33H37N3O6/c1-39-16-7-14-35-15-17-40-30-13-12-25(18-28(30)35)23-41-31-21-36(33(38)42-22-24-8-3-2-4-9-24)20-29(37)32(31)27-11-6-5-10-26(27)19-34/h2-6,8-13,18,29,31-32,37H,7,14-17,20-23H2,1H3/t29?,31-,32?/m0/s1. The van der Waals surface area contributed by atoms with E-state index in [0.717, 1.165) is 42.1 Å². The van der Waals surface area contributed by atoms with Crippen LogP contribution in [0.15, 0.2) is 72.8 Å². The Morgan fingerprint density at radius 3 is 2.67 bits per heavy atom. The lowest BCUT2D eigenvalue weighted by molar-refractivity contribution is -0.0692. The number of nitriles is 1. The summed E-state index contributed by atoms with van der Waals surface area (Å²) in [5, 5.41) is 21.1. The van der Waals surface area contributed by atoms with Crippen LogP contribution in [-0.4, -0.2) is 74.8 Å². The van der Waals surface area contributed by atoms with Crippen LogP contribution in [0.1, 0.15) is 34.6 Å². The Bertz CT molecular complexity index is 1380. The van der Waals surface area contributed by atoms with Crippen LogP contribution in [0.3, 0.4) is 0 Å². The molecule has 0 spiro atoms. The van der Waals surface area contributed by atoms with E-state index in [9.17, 15) is 15.2 Å². The van der Waals surface area contributed by atoms with Gasteiger partial charge in [0.15, 0.2) is 0 Å². The van der Waals surface area contributed by atoms with E-state index in [2.05, 4.69) is 17.0 Å². The average molecular weight is 572 g/mol. The van der Waals surface area contributed by atoms with Crippen molar-refractivity contribution in [3.8, 4) is 11.8 Å². The van der Waals surface area contributed by atoms with Crippen molar-refractivity contribution >= 4 is 11.8 Å². The lowest BCUT2D eigenvalue weighted by Gasteiger charge is -2.41. The van der Waals surface area contributed by atoms with Crippen molar-refractivity contribution in [3.05, 3.63) is 95.1 Å². The summed E-state index contributed by atoms with van der Waals surface area (Å²) in [5.41, 5.74) is 4.02. The molecule has 5 rings (SSSR count). The fourth-order valence-electron chi connectivity index (χ4n) is 5.65. The highest BCUT2D eigenvalue weighted by Gasteiger charge is 2.41. The van der Waals surface area contributed by atoms with Crippen LogP contribution in [0, 0.1) is 11.3 Å². The van der Waals surface area contributed by atoms with Gasteiger partial charge in [0.2, 0.25) is 0 Å². The predicted octanol–water partition coefficient (Wildman–Crippen LogP) is 4.48. The number of carbonyl (C=O) groups excluding carboxylic acids is 1. The number of ether oxygens (including phenoxy) is 4. The third-order valence-corrected chi connectivity index (χ3v) is 7.75. The Morgan fingerprint density at radius 1 is 1.05 bits per heavy atom. The summed E-state index contributed by atoms with van der Waals surface area (Å²) in [6.45, 7) is 3.66. The molecule has 2 aliphatic rings. The minimum atomic E-state index is -0.948. The number of hydrogen-bond donors (Lipinski definition) is 1. The van der Waals surface area contributed by atoms with E-state index in [4.69, 9.17) is 18.9 Å². The molecule has 2 heterocycles. The summed E-state index contributed by atoms with van der Waals surface area (Å²) < 4.78 is 23.2. The Hall–Kier alpha value is -4.10. The molecule has 2 aliphatic heterocycles. The monoisotopic (exact) mass is 571 g/mol. The van der Waals surface area contributed by atoms with Crippen molar-refractivity contribution < 1.29 is 28.8 Å². The van der Waals surface area contributed by atoms with Gasteiger partial charge in [0.25, 0.3) is 0 Å². The average Bonchev–Trinajstić information content (AvgIpc) is 3.03. The smallest absolute Gasteiger partial charge is 0.410 e. The Labute approximate surface area is 246 Å². The Morgan fingerprint density at radius 2 is 1.86 bits per heavy atom. The number of amides is 1. The number of piperidine rings is 1. The molecule has 220 valence electrons. The van der Waals surface area contributed by atoms with Gasteiger partial charge in [0, 0.05) is 26.2 Å². The molecule has 1 N–H and O–H groups in total. The fraction of sp³-hybridized carbons (Fsp3) is 0.394. The number of β-amino-alcohol motifs (C(OH)–C–C–N with tert-alkyl or cyclic N) is 1. The molecule has 9 heteroatoms. The van der Waals surface area contributed by atoms with Crippen molar-refractivity contribution in [2.24, 2.45) is 0 Å². The highest BCUT2D eigenvalue weighted by molar-refractivity contribution is 5.68. The minimum Gasteiger partial charge on any atom is -0.490 e. The number of benzene rings is 3. The van der Waals surface area contributed by atoms with Crippen LogP contribution in [0.5, 0.6) is 5.75 Å². The Balaban J connectivity index is 1.33. The van der Waals surface area contributed by atoms with Crippen LogP contribution < -0.4 is 9.64 Å². The molecule has 42 heavy (non-hydrogen) atoms. The second kappa shape index (κ2) is 14.2. The van der Waals surface area contributed by atoms with Gasteiger partial charge in [-0.3, -0.25) is 0 Å². The number of methoxy groups -OCH3 is 1. The van der Waals surface area contributed by atoms with Crippen molar-refractivity contribution in [3.63, 3.8) is 0 Å². The lowest BCUT2D eigenvalue weighted by atomic mass is 9.82. The summed E-state index contributed by atoms with van der Waals surface area (Å²) in [4.78, 5) is 16.8. The topological polar surface area (TPSA) is 104 Å². The molecule has 0 saturated carbocycles. The largest absolute Gasteiger partial charge is 0.490 e. The van der Waals surface area contributed by atoms with Gasteiger partial charge in [-0.15, -0.1) is 0 Å². The molecule has 3 atom stereocenters. The number of likely N-dealkylation sites (tertiary alicyclic amines) is 1. The van der Waals surface area contributed by atoms with Crippen molar-refractivity contribution in [1.29, 1.82) is 5.26 Å². The molecule has 0 aliphatic carbocycles. The SMILES string of the molecule is COCCCN1CCOc2ccc(CO[C@H]3CN(C(=O)OCc4ccccc4)CC(O)C3c3ccccc3C#N)cc21. The first kappa shape index (κ1) is 29.4. The molecule has 9 nitrogen and oxygen atoms in total. The number of hydrogen-bond acceptors (Lipinski definition) is 8. The van der Waals surface area contributed by atoms with Gasteiger partial charge in [-0.2, -0.15) is 5.26 Å². The summed E-state index contributed by atoms with van der Waals surface area (Å²) in [6.07, 6.45) is -1.13. The van der Waals surface area contributed by atoms with Crippen molar-refractivity contribution in [2.45, 2.75) is 37.8 Å². The van der Waals surface area contributed by atoms with Crippen molar-refractivity contribution in [1.82, 2.24) is 4.90 Å². The first-order chi connectivity index (χ1) is 20.6. The lowest BCUT2D eigenvalue weighted by Crippen LogP contribution is -2.54. The molecule has 3 aromatic rings. The molecular formula is C33H37N3O6. The number of fused-ring (bicyclic) bond motifs is 1. The first-order valence-corrected chi connectivity index (χ1v) is 14.3. The second-order valence-electron chi connectivity index (χ2n) is 10.6. The molecular weight excluding hydrogens is 534 g/mol. The zero-order valence-corrected chi connectivity index (χ0v) is 23.9. The maximum absolute atomic E-state index is 13.1. The zero-order chi connectivity index (χ0) is 29.3. The van der Waals surface area contributed by atoms with Crippen LogP contribution in [0.25, 0.3) is 0 Å². The highest BCUT2D eigenvalue weighted by atomic mass is 16.6. The van der Waals surface area contributed by atoms with E-state index in [1.807, 2.05) is 54.6 Å². The second-order valence-corrected chi connectivity index (χ2v) is 10.6. The van der Waals surface area contributed by atoms with Gasteiger partial charge < -0.3 is 33.9 Å². The fourth-order valence-corrected chi connectivity index (χ4v) is 5.65. The van der Waals surface area contributed by atoms with Crippen LogP contribution in [0.4, 0.5) is 10.5 Å². The van der Waals surface area contributed by atoms with Crippen molar-refractivity contribution in [2.75, 3.05) is 51.4 Å². The van der Waals surface area contributed by atoms with Gasteiger partial charge >= 0.3 is 6.09 Å². The number of rotatable bonds is 10. The van der Waals surface area contributed by atoms with Gasteiger partial charge in [0.1, 0.15) is 19.0 Å². The van der Waals surface area contributed by atoms with Crippen LogP contribution >= 0.6 is 0 Å². The molecule has 2 unspecified atom stereocenters. The third kappa shape index (κ3) is 7.02. The zero-order valence-electron chi connectivity index (χ0n) is 23.9. The third-order valence-electron chi connectivity index (χ3n) is 7.75. The molecule has 0 bridgehead atoms. The number of carbonyl (C=O) groups is 1. The quantitative estimate of drug-likeness (QED) is 0.356. The minimum absolute atomic E-state index is 0.0739. The van der Waals surface area contributed by atoms with E-state index in [1.54, 1.807) is 19.2 Å². The first-order valence-electron chi connectivity index (χ1n) is 14.3. The maximum Gasteiger partial charge on any atom is 0.410 e. The summed E-state index contributed by atoms with van der Waals surface area (Å²) >= 11 is 0. The molecule has 1 saturated heterocycles. The summed E-state index contributed by atoms with van der Waals surface area (Å²) in [7, 11) is 1.71. The predicted molar refractivity (Wildman–Crippen MR) is 157 cm³/mol. The maximum atomic E-state index is 13.1. The molecule has 1 fully saturated rings. The molecule has 3 aromatic carbocycles. The van der Waals surface area contributed by atoms with E-state index in [1.165, 1.54) is 4.90 Å². The van der Waals surface area contributed by atoms with Gasteiger partial charge in [-0.25, -0.2) is 4.79 Å². The van der Waals surface area contributed by atoms with E-state index >= 15 is 0 Å². The molecule has 0 aromatic heterocycles. The molecule has 1 amide bonds.